The summed E-state index contributed by atoms with van der Waals surface area (Å²) in [6.07, 6.45) is 0.141. The van der Waals surface area contributed by atoms with E-state index in [0.29, 0.717) is 12.8 Å². The van der Waals surface area contributed by atoms with Crippen molar-refractivity contribution in [2.24, 2.45) is 11.0 Å². The molecule has 1 aromatic rings. The minimum absolute atomic E-state index is 0.256. The summed E-state index contributed by atoms with van der Waals surface area (Å²) >= 11 is 0. The van der Waals surface area contributed by atoms with Crippen LogP contribution >= 0.6 is 0 Å². The Labute approximate surface area is 135 Å². The van der Waals surface area contributed by atoms with E-state index < -0.39 is 18.4 Å². The molecule has 1 saturated heterocycles. The predicted molar refractivity (Wildman–Crippen MR) is 83.4 cm³/mol. The minimum Gasteiger partial charge on any atom is -0.469 e. The third kappa shape index (κ3) is 4.45. The summed E-state index contributed by atoms with van der Waals surface area (Å²) in [7, 11) is 1.37. The molecule has 0 bridgehead atoms. The second-order valence-corrected chi connectivity index (χ2v) is 5.39. The van der Waals surface area contributed by atoms with Crippen LogP contribution in [0.5, 0.6) is 0 Å². The molecular weight excluding hydrogens is 298 g/mol. The zero-order valence-electron chi connectivity index (χ0n) is 13.3. The second kappa shape index (κ2) is 8.53. The Morgan fingerprint density at radius 2 is 2.22 bits per heavy atom. The number of carbonyl (C=O) groups excluding carboxylic acids is 1. The number of ether oxygens (including phenoxy) is 3. The van der Waals surface area contributed by atoms with Crippen LogP contribution in [0.25, 0.3) is 10.4 Å². The van der Waals surface area contributed by atoms with Crippen molar-refractivity contribution < 1.29 is 19.0 Å². The van der Waals surface area contributed by atoms with Crippen LogP contribution in [0, 0.1) is 5.92 Å². The van der Waals surface area contributed by atoms with Crippen molar-refractivity contribution in [1.82, 2.24) is 0 Å². The standard InChI is InChI=1S/C16H21N3O4/c1-3-11(15(20)21-2)9-14-13(18-19-17)10-22-16(23-14)12-7-5-4-6-8-12/h4-8,11,13-14,16H,3,9-10H2,1-2H3/t11-,13+,14+,16-/m1/s1. The molecule has 124 valence electrons. The average molecular weight is 319 g/mol. The van der Waals surface area contributed by atoms with E-state index in [1.807, 2.05) is 37.3 Å². The molecule has 0 amide bonds. The van der Waals surface area contributed by atoms with Crippen molar-refractivity contribution in [1.29, 1.82) is 0 Å². The lowest BCUT2D eigenvalue weighted by Gasteiger charge is -2.35. The summed E-state index contributed by atoms with van der Waals surface area (Å²) in [5.74, 6) is -0.575. The largest absolute Gasteiger partial charge is 0.469 e. The van der Waals surface area contributed by atoms with Crippen molar-refractivity contribution >= 4 is 5.97 Å². The van der Waals surface area contributed by atoms with E-state index in [9.17, 15) is 4.79 Å². The van der Waals surface area contributed by atoms with Gasteiger partial charge in [-0.3, -0.25) is 4.79 Å². The molecule has 1 heterocycles. The fraction of sp³-hybridized carbons (Fsp3) is 0.562. The third-order valence-corrected chi connectivity index (χ3v) is 3.96. The molecule has 0 aliphatic carbocycles. The van der Waals surface area contributed by atoms with Crippen molar-refractivity contribution in [2.75, 3.05) is 13.7 Å². The highest BCUT2D eigenvalue weighted by Crippen LogP contribution is 2.31. The van der Waals surface area contributed by atoms with E-state index in [1.165, 1.54) is 7.11 Å². The van der Waals surface area contributed by atoms with E-state index in [4.69, 9.17) is 19.7 Å². The number of hydrogen-bond donors (Lipinski definition) is 0. The maximum Gasteiger partial charge on any atom is 0.308 e. The SMILES string of the molecule is CC[C@H](C[C@@H]1O[C@H](c2ccccc2)OC[C@@H]1N=[N+]=[N-])C(=O)OC. The van der Waals surface area contributed by atoms with Gasteiger partial charge in [-0.25, -0.2) is 0 Å². The smallest absolute Gasteiger partial charge is 0.308 e. The van der Waals surface area contributed by atoms with Gasteiger partial charge >= 0.3 is 5.97 Å². The molecule has 0 saturated carbocycles. The van der Waals surface area contributed by atoms with Crippen molar-refractivity contribution in [3.8, 4) is 0 Å². The Bertz CT molecular complexity index is 560. The molecule has 0 radical (unpaired) electrons. The highest BCUT2D eigenvalue weighted by atomic mass is 16.7. The molecule has 0 unspecified atom stereocenters. The topological polar surface area (TPSA) is 93.5 Å². The van der Waals surface area contributed by atoms with Gasteiger partial charge in [0.25, 0.3) is 0 Å². The Morgan fingerprint density at radius 1 is 1.48 bits per heavy atom. The molecule has 7 nitrogen and oxygen atoms in total. The number of rotatable bonds is 6. The van der Waals surface area contributed by atoms with Gasteiger partial charge in [0, 0.05) is 10.5 Å². The Balaban J connectivity index is 2.13. The van der Waals surface area contributed by atoms with Crippen LogP contribution in [0.15, 0.2) is 35.4 Å². The summed E-state index contributed by atoms with van der Waals surface area (Å²) in [4.78, 5) is 14.7. The van der Waals surface area contributed by atoms with E-state index >= 15 is 0 Å². The summed E-state index contributed by atoms with van der Waals surface area (Å²) in [5, 5.41) is 3.74. The number of esters is 1. The average Bonchev–Trinajstić information content (AvgIpc) is 2.61. The number of hydrogen-bond acceptors (Lipinski definition) is 5. The molecule has 1 aliphatic rings. The summed E-state index contributed by atoms with van der Waals surface area (Å²) in [6, 6.07) is 9.08. The van der Waals surface area contributed by atoms with Crippen LogP contribution in [0.4, 0.5) is 0 Å². The molecule has 2 rings (SSSR count). The van der Waals surface area contributed by atoms with E-state index in [-0.39, 0.29) is 18.5 Å². The van der Waals surface area contributed by atoms with Gasteiger partial charge in [0.1, 0.15) is 0 Å². The Morgan fingerprint density at radius 3 is 2.83 bits per heavy atom. The van der Waals surface area contributed by atoms with Gasteiger partial charge in [-0.2, -0.15) is 0 Å². The predicted octanol–water partition coefficient (Wildman–Crippen LogP) is 3.37. The molecule has 1 aliphatic heterocycles. The number of carbonyl (C=O) groups is 1. The Kier molecular flexibility index (Phi) is 6.40. The van der Waals surface area contributed by atoms with Crippen molar-refractivity contribution in [2.45, 2.75) is 38.2 Å². The maximum absolute atomic E-state index is 11.8. The van der Waals surface area contributed by atoms with Gasteiger partial charge in [0.2, 0.25) is 0 Å². The quantitative estimate of drug-likeness (QED) is 0.348. The highest BCUT2D eigenvalue weighted by Gasteiger charge is 2.35. The van der Waals surface area contributed by atoms with Crippen molar-refractivity contribution in [3.05, 3.63) is 46.3 Å². The number of azide groups is 1. The molecule has 0 spiro atoms. The third-order valence-electron chi connectivity index (χ3n) is 3.96. The van der Waals surface area contributed by atoms with E-state index in [1.54, 1.807) is 0 Å². The molecule has 4 atom stereocenters. The first-order valence-corrected chi connectivity index (χ1v) is 7.63. The van der Waals surface area contributed by atoms with Crippen LogP contribution in [-0.4, -0.2) is 31.8 Å². The van der Waals surface area contributed by atoms with Gasteiger partial charge in [-0.1, -0.05) is 42.4 Å². The lowest BCUT2D eigenvalue weighted by atomic mass is 9.94. The monoisotopic (exact) mass is 319 g/mol. The fourth-order valence-electron chi connectivity index (χ4n) is 2.63. The minimum atomic E-state index is -0.526. The van der Waals surface area contributed by atoms with E-state index in [0.717, 1.165) is 5.56 Å². The second-order valence-electron chi connectivity index (χ2n) is 5.39. The highest BCUT2D eigenvalue weighted by molar-refractivity contribution is 5.72. The van der Waals surface area contributed by atoms with Gasteiger partial charge in [0.15, 0.2) is 6.29 Å². The molecule has 1 fully saturated rings. The fourth-order valence-corrected chi connectivity index (χ4v) is 2.63. The lowest BCUT2D eigenvalue weighted by molar-refractivity contribution is -0.228. The number of benzene rings is 1. The molecular formula is C16H21N3O4. The van der Waals surface area contributed by atoms with Crippen LogP contribution in [0.2, 0.25) is 0 Å². The van der Waals surface area contributed by atoms with Crippen molar-refractivity contribution in [3.63, 3.8) is 0 Å². The van der Waals surface area contributed by atoms with Gasteiger partial charge in [-0.15, -0.1) is 0 Å². The van der Waals surface area contributed by atoms with Crippen LogP contribution in [-0.2, 0) is 19.0 Å². The summed E-state index contributed by atoms with van der Waals surface area (Å²) in [5.41, 5.74) is 9.61. The summed E-state index contributed by atoms with van der Waals surface area (Å²) in [6.45, 7) is 2.17. The Hall–Kier alpha value is -2.08. The first kappa shape index (κ1) is 17.3. The molecule has 1 aromatic carbocycles. The zero-order valence-corrected chi connectivity index (χ0v) is 13.3. The van der Waals surface area contributed by atoms with Crippen LogP contribution < -0.4 is 0 Å². The molecule has 0 N–H and O–H groups in total. The summed E-state index contributed by atoms with van der Waals surface area (Å²) < 4.78 is 16.5. The molecule has 0 aromatic heterocycles. The first-order valence-electron chi connectivity index (χ1n) is 7.63. The lowest BCUT2D eigenvalue weighted by Crippen LogP contribution is -2.41. The van der Waals surface area contributed by atoms with Gasteiger partial charge < -0.3 is 14.2 Å². The van der Waals surface area contributed by atoms with Gasteiger partial charge in [0.05, 0.1) is 31.8 Å². The van der Waals surface area contributed by atoms with Gasteiger partial charge in [-0.05, 0) is 18.4 Å². The number of methoxy groups -OCH3 is 1. The zero-order chi connectivity index (χ0) is 16.7. The van der Waals surface area contributed by atoms with Crippen LogP contribution in [0.1, 0.15) is 31.6 Å². The normalized spacial score (nSPS) is 25.2. The first-order chi connectivity index (χ1) is 11.2. The maximum atomic E-state index is 11.8. The molecule has 23 heavy (non-hydrogen) atoms. The van der Waals surface area contributed by atoms with E-state index in [2.05, 4.69) is 10.0 Å². The number of nitrogens with zero attached hydrogens (tertiary/aromatic N) is 3. The molecule has 7 heteroatoms. The van der Waals surface area contributed by atoms with Crippen LogP contribution in [0.3, 0.4) is 0 Å².